The minimum atomic E-state index is 0.534. The Kier molecular flexibility index (Phi) is 4.79. The first-order valence-corrected chi connectivity index (χ1v) is 5.64. The Bertz CT molecular complexity index is 402. The van der Waals surface area contributed by atoms with Crippen molar-refractivity contribution in [2.45, 2.75) is 6.42 Å². The molecule has 0 spiro atoms. The van der Waals surface area contributed by atoms with E-state index in [0.717, 1.165) is 16.2 Å². The highest BCUT2D eigenvalue weighted by molar-refractivity contribution is 8.06. The van der Waals surface area contributed by atoms with Crippen LogP contribution in [0.4, 0.5) is 0 Å². The smallest absolute Gasteiger partial charge is 0.122 e. The first-order valence-electron chi connectivity index (χ1n) is 4.82. The Labute approximate surface area is 100 Å². The molecule has 0 heterocycles. The molecule has 0 aliphatic carbocycles. The van der Waals surface area contributed by atoms with E-state index in [4.69, 9.17) is 16.2 Å². The second-order valence-corrected chi connectivity index (χ2v) is 4.44. The Hall–Kier alpha value is -1.55. The summed E-state index contributed by atoms with van der Waals surface area (Å²) < 4.78 is 5.26. The number of nitrogens with two attached hydrogens (primary N) is 2. The van der Waals surface area contributed by atoms with Gasteiger partial charge < -0.3 is 16.2 Å². The second kappa shape index (κ2) is 6.12. The fourth-order valence-electron chi connectivity index (χ4n) is 1.33. The highest BCUT2D eigenvalue weighted by Gasteiger charge is 2.06. The maximum atomic E-state index is 5.54. The third-order valence-electron chi connectivity index (χ3n) is 2.01. The lowest BCUT2D eigenvalue weighted by atomic mass is 10.1. The first kappa shape index (κ1) is 12.5. The van der Waals surface area contributed by atoms with Gasteiger partial charge >= 0.3 is 0 Å². The van der Waals surface area contributed by atoms with Gasteiger partial charge in [-0.05, 0) is 11.6 Å². The molecular weight excluding hydrogens is 220 g/mol. The molecule has 0 radical (unpaired) electrons. The van der Waals surface area contributed by atoms with Crippen molar-refractivity contribution in [2.24, 2.45) is 11.5 Å². The van der Waals surface area contributed by atoms with Crippen molar-refractivity contribution >= 4 is 11.8 Å². The first-order chi connectivity index (χ1) is 7.67. The van der Waals surface area contributed by atoms with Crippen molar-refractivity contribution in [1.29, 1.82) is 0 Å². The van der Waals surface area contributed by atoms with E-state index in [9.17, 15) is 0 Å². The maximum Gasteiger partial charge on any atom is 0.122 e. The number of methoxy groups -OCH3 is 1. The number of para-hydroxylation sites is 1. The van der Waals surface area contributed by atoms with Crippen LogP contribution >= 0.6 is 11.8 Å². The predicted octanol–water partition coefficient (Wildman–Crippen LogP) is 2.20. The number of benzene rings is 1. The summed E-state index contributed by atoms with van der Waals surface area (Å²) in [6.07, 6.45) is 2.25. The van der Waals surface area contributed by atoms with E-state index < -0.39 is 0 Å². The summed E-state index contributed by atoms with van der Waals surface area (Å²) in [5.74, 6) is 0.852. The van der Waals surface area contributed by atoms with Crippen LogP contribution in [0.1, 0.15) is 5.56 Å². The predicted molar refractivity (Wildman–Crippen MR) is 69.9 cm³/mol. The zero-order valence-electron chi connectivity index (χ0n) is 9.27. The van der Waals surface area contributed by atoms with Crippen LogP contribution in [0.25, 0.3) is 0 Å². The summed E-state index contributed by atoms with van der Waals surface area (Å²) in [5.41, 5.74) is 12.2. The maximum absolute atomic E-state index is 5.54. The Morgan fingerprint density at radius 3 is 2.75 bits per heavy atom. The average molecular weight is 236 g/mol. The third kappa shape index (κ3) is 3.55. The van der Waals surface area contributed by atoms with Gasteiger partial charge in [-0.15, -0.1) is 0 Å². The standard InChI is InChI=1S/C12H16N2OS/c1-9(14)16-11(8-13)7-10-5-3-4-6-12(10)15-2/h3-6,8H,1,7,13-14H2,2H3/b11-8-. The largest absolute Gasteiger partial charge is 0.496 e. The fourth-order valence-corrected chi connectivity index (χ4v) is 1.97. The highest BCUT2D eigenvalue weighted by Crippen LogP contribution is 2.27. The van der Waals surface area contributed by atoms with E-state index in [1.165, 1.54) is 11.8 Å². The topological polar surface area (TPSA) is 61.3 Å². The molecule has 0 amide bonds. The molecule has 0 fully saturated rings. The molecule has 16 heavy (non-hydrogen) atoms. The number of thioether (sulfide) groups is 1. The van der Waals surface area contributed by atoms with Gasteiger partial charge in [0.15, 0.2) is 0 Å². The number of hydrogen-bond acceptors (Lipinski definition) is 4. The van der Waals surface area contributed by atoms with Crippen LogP contribution in [-0.2, 0) is 6.42 Å². The van der Waals surface area contributed by atoms with E-state index in [-0.39, 0.29) is 0 Å². The summed E-state index contributed by atoms with van der Waals surface area (Å²) >= 11 is 1.38. The number of ether oxygens (including phenoxy) is 1. The number of hydrogen-bond donors (Lipinski definition) is 2. The van der Waals surface area contributed by atoms with E-state index in [1.54, 1.807) is 13.3 Å². The second-order valence-electron chi connectivity index (χ2n) is 3.19. The monoisotopic (exact) mass is 236 g/mol. The van der Waals surface area contributed by atoms with E-state index in [2.05, 4.69) is 6.58 Å². The lowest BCUT2D eigenvalue weighted by molar-refractivity contribution is 0.410. The van der Waals surface area contributed by atoms with Gasteiger partial charge in [-0.1, -0.05) is 36.5 Å². The van der Waals surface area contributed by atoms with Crippen LogP contribution in [-0.4, -0.2) is 7.11 Å². The summed E-state index contributed by atoms with van der Waals surface area (Å²) in [6, 6.07) is 7.82. The number of allylic oxidation sites excluding steroid dienone is 1. The van der Waals surface area contributed by atoms with Gasteiger partial charge in [0.05, 0.1) is 12.1 Å². The Morgan fingerprint density at radius 2 is 2.19 bits per heavy atom. The highest BCUT2D eigenvalue weighted by atomic mass is 32.2. The van der Waals surface area contributed by atoms with E-state index in [1.807, 2.05) is 24.3 Å². The minimum absolute atomic E-state index is 0.534. The molecule has 4 N–H and O–H groups in total. The molecule has 0 bridgehead atoms. The quantitative estimate of drug-likeness (QED) is 0.822. The van der Waals surface area contributed by atoms with Gasteiger partial charge in [0.25, 0.3) is 0 Å². The van der Waals surface area contributed by atoms with Gasteiger partial charge in [-0.25, -0.2) is 0 Å². The fraction of sp³-hybridized carbons (Fsp3) is 0.167. The van der Waals surface area contributed by atoms with Crippen LogP contribution in [0, 0.1) is 0 Å². The van der Waals surface area contributed by atoms with E-state index in [0.29, 0.717) is 11.4 Å². The Morgan fingerprint density at radius 1 is 1.50 bits per heavy atom. The van der Waals surface area contributed by atoms with Crippen LogP contribution in [0.3, 0.4) is 0 Å². The molecule has 0 saturated heterocycles. The van der Waals surface area contributed by atoms with Gasteiger partial charge in [0, 0.05) is 17.5 Å². The van der Waals surface area contributed by atoms with Gasteiger partial charge in [0.1, 0.15) is 5.75 Å². The van der Waals surface area contributed by atoms with Crippen molar-refractivity contribution in [3.8, 4) is 5.75 Å². The summed E-state index contributed by atoms with van der Waals surface area (Å²) in [6.45, 7) is 3.64. The van der Waals surface area contributed by atoms with Gasteiger partial charge in [0.2, 0.25) is 0 Å². The lowest BCUT2D eigenvalue weighted by Crippen LogP contribution is -1.98. The number of rotatable bonds is 5. The van der Waals surface area contributed by atoms with Crippen LogP contribution < -0.4 is 16.2 Å². The molecule has 0 aliphatic rings. The van der Waals surface area contributed by atoms with Crippen molar-refractivity contribution in [3.05, 3.63) is 52.5 Å². The van der Waals surface area contributed by atoms with Crippen molar-refractivity contribution < 1.29 is 4.74 Å². The third-order valence-corrected chi connectivity index (χ3v) is 2.81. The zero-order valence-corrected chi connectivity index (χ0v) is 10.1. The Balaban J connectivity index is 2.82. The molecule has 1 aromatic carbocycles. The molecule has 3 nitrogen and oxygen atoms in total. The van der Waals surface area contributed by atoms with Crippen LogP contribution in [0.15, 0.2) is 47.0 Å². The van der Waals surface area contributed by atoms with Gasteiger partial charge in [-0.2, -0.15) is 0 Å². The molecule has 0 saturated carbocycles. The summed E-state index contributed by atoms with van der Waals surface area (Å²) in [7, 11) is 1.65. The molecule has 1 rings (SSSR count). The lowest BCUT2D eigenvalue weighted by Gasteiger charge is -2.10. The summed E-state index contributed by atoms with van der Waals surface area (Å²) in [4.78, 5) is 0.956. The molecule has 0 aliphatic heterocycles. The molecule has 0 atom stereocenters. The normalized spacial score (nSPS) is 11.2. The van der Waals surface area contributed by atoms with Crippen molar-refractivity contribution in [3.63, 3.8) is 0 Å². The van der Waals surface area contributed by atoms with Crippen molar-refractivity contribution in [2.75, 3.05) is 7.11 Å². The molecular formula is C12H16N2OS. The van der Waals surface area contributed by atoms with Crippen LogP contribution in [0.2, 0.25) is 0 Å². The molecule has 4 heteroatoms. The van der Waals surface area contributed by atoms with Gasteiger partial charge in [-0.3, -0.25) is 0 Å². The molecule has 0 unspecified atom stereocenters. The SMILES string of the molecule is C=C(N)S/C(=C\N)Cc1ccccc1OC. The summed E-state index contributed by atoms with van der Waals surface area (Å²) in [5, 5.41) is 0.534. The van der Waals surface area contributed by atoms with Crippen molar-refractivity contribution in [1.82, 2.24) is 0 Å². The van der Waals surface area contributed by atoms with Crippen LogP contribution in [0.5, 0.6) is 5.75 Å². The average Bonchev–Trinajstić information content (AvgIpc) is 2.28. The minimum Gasteiger partial charge on any atom is -0.496 e. The molecule has 1 aromatic rings. The molecule has 86 valence electrons. The molecule has 0 aromatic heterocycles. The van der Waals surface area contributed by atoms with E-state index >= 15 is 0 Å². The zero-order chi connectivity index (χ0) is 12.0.